The van der Waals surface area contributed by atoms with E-state index >= 15 is 0 Å². The summed E-state index contributed by atoms with van der Waals surface area (Å²) < 4.78 is 41.0. The Balaban J connectivity index is 0.0000000958. The second-order valence-corrected chi connectivity index (χ2v) is 37.0. The third-order valence-electron chi connectivity index (χ3n) is 29.8. The Hall–Kier alpha value is -10.5. The highest BCUT2D eigenvalue weighted by Crippen LogP contribution is 2.47. The Labute approximate surface area is 701 Å². The summed E-state index contributed by atoms with van der Waals surface area (Å²) in [6.45, 7) is 22.3. The first kappa shape index (κ1) is 80.3. The van der Waals surface area contributed by atoms with Gasteiger partial charge in [0.1, 0.15) is 0 Å². The van der Waals surface area contributed by atoms with Crippen LogP contribution in [0.4, 0.5) is 34.1 Å². The van der Waals surface area contributed by atoms with Crippen LogP contribution in [0.15, 0.2) is 164 Å². The standard InChI is InChI=1S/C18H24N2O2.4C15H19N3O2.C14H17N3O2/c1-19-15-6-5-14(13-16(15)22-17(19)21)20-11-9-18(10-12-20)7-3-2-4-8-18;1-17-12-3-2-11(8-13(12)20-14(17)19)18-6-4-15(5-7-18)9-16-10-15;1-17-12-3-2-11(8-13(12)20-14(17)19)18-9-15(10-18)4-6-16-7-5-15;1-17-13-5-4-11(7-14(13)20-15(17)19)18-8-10-3-2-6-16-12(10)9-18;1-17-12-5-4-11(7-14(12)20-15(17)19)18-6-2-3-10-8-16-9-13(10)18;1-16-12-3-2-11(4-13(12)19-14(16)18)17-7-9-5-15-6-10(9)8-17/h5-6,13H,2-4,7-12H2,1H3;2*2-3,8,16H,4-7,9-10H2,1H3;4-5,7,10,12,16H,2-3,6,8-9H2,1H3;4-5,7,10,13,16H,2-3,6,8-9H2,1H3;2-4,9-10,15H,5-8H2,1H3/t;;;10-,12+;10-,13+;9-,10+/m...10./s1. The van der Waals surface area contributed by atoms with Crippen molar-refractivity contribution in [3.63, 3.8) is 0 Å². The fourth-order valence-corrected chi connectivity index (χ4v) is 21.9. The van der Waals surface area contributed by atoms with Crippen LogP contribution in [0.5, 0.6) is 0 Å². The largest absolute Gasteiger partial charge is 0.419 e. The van der Waals surface area contributed by atoms with Crippen LogP contribution in [0.25, 0.3) is 66.6 Å². The Morgan fingerprint density at radius 3 is 1.09 bits per heavy atom. The molecule has 1 aliphatic carbocycles. The molecule has 12 fully saturated rings. The molecule has 6 aromatic carbocycles. The topological polar surface area (TPSA) is 290 Å². The van der Waals surface area contributed by atoms with Gasteiger partial charge in [-0.3, -0.25) is 27.4 Å². The normalized spacial score (nSPS) is 23.8. The fourth-order valence-electron chi connectivity index (χ4n) is 21.9. The molecule has 24 rings (SSSR count). The average Bonchev–Trinajstić information content (AvgIpc) is 1.44. The van der Waals surface area contributed by atoms with Crippen molar-refractivity contribution in [2.75, 3.05) is 160 Å². The number of oxazole rings is 6. The maximum absolute atomic E-state index is 11.6. The van der Waals surface area contributed by atoms with Crippen molar-refractivity contribution in [2.45, 2.75) is 108 Å². The molecule has 29 heteroatoms. The molecular weight excluding hydrogens is 1540 g/mol. The summed E-state index contributed by atoms with van der Waals surface area (Å²) in [4.78, 5) is 83.8. The monoisotopic (exact) mass is 1650 g/mol. The molecule has 11 aliphatic heterocycles. The molecule has 0 unspecified atom stereocenters. The zero-order chi connectivity index (χ0) is 83.0. The molecular formula is C92H117N17O12. The summed E-state index contributed by atoms with van der Waals surface area (Å²) >= 11 is 0. The first-order valence-corrected chi connectivity index (χ1v) is 44.3. The molecule has 121 heavy (non-hydrogen) atoms. The number of hydrogen-bond acceptors (Lipinski definition) is 23. The van der Waals surface area contributed by atoms with Crippen LogP contribution >= 0.6 is 0 Å². The lowest BCUT2D eigenvalue weighted by Gasteiger charge is -2.53. The van der Waals surface area contributed by atoms with Gasteiger partial charge in [-0.05, 0) is 204 Å². The Morgan fingerprint density at radius 2 is 0.669 bits per heavy atom. The van der Waals surface area contributed by atoms with Crippen LogP contribution in [0.2, 0.25) is 0 Å². The molecule has 642 valence electrons. The Morgan fingerprint density at radius 1 is 0.306 bits per heavy atom. The molecule has 5 N–H and O–H groups in total. The fraction of sp³-hybridized carbons (Fsp3) is 0.543. The maximum Gasteiger partial charge on any atom is 0.419 e. The van der Waals surface area contributed by atoms with E-state index in [1.54, 1.807) is 69.7 Å². The van der Waals surface area contributed by atoms with Gasteiger partial charge in [-0.25, -0.2) is 28.8 Å². The van der Waals surface area contributed by atoms with Crippen molar-refractivity contribution in [2.24, 2.45) is 82.2 Å². The second kappa shape index (κ2) is 33.1. The van der Waals surface area contributed by atoms with Gasteiger partial charge in [-0.15, -0.1) is 0 Å². The van der Waals surface area contributed by atoms with Crippen molar-refractivity contribution in [3.8, 4) is 0 Å². The minimum absolute atomic E-state index is 0.285. The zero-order valence-corrected chi connectivity index (χ0v) is 70.9. The van der Waals surface area contributed by atoms with E-state index in [1.807, 2.05) is 72.8 Å². The van der Waals surface area contributed by atoms with Gasteiger partial charge < -0.3 is 82.5 Å². The summed E-state index contributed by atoms with van der Waals surface area (Å²) in [6.07, 6.45) is 19.9. The van der Waals surface area contributed by atoms with Gasteiger partial charge in [0, 0.05) is 242 Å². The number of nitrogens with zero attached hydrogens (tertiary/aromatic N) is 12. The molecule has 17 heterocycles. The van der Waals surface area contributed by atoms with Gasteiger partial charge in [0.2, 0.25) is 0 Å². The summed E-state index contributed by atoms with van der Waals surface area (Å²) in [5.74, 6) is 1.26. The number of aryl methyl sites for hydroxylation is 6. The van der Waals surface area contributed by atoms with E-state index < -0.39 is 0 Å². The van der Waals surface area contributed by atoms with Crippen LogP contribution in [0, 0.1) is 39.9 Å². The molecule has 12 aromatic rings. The van der Waals surface area contributed by atoms with Crippen LogP contribution in [0.1, 0.15) is 96.3 Å². The second-order valence-electron chi connectivity index (χ2n) is 37.0. The summed E-state index contributed by atoms with van der Waals surface area (Å²) in [6, 6.07) is 37.7. The van der Waals surface area contributed by atoms with Gasteiger partial charge in [-0.1, -0.05) is 19.3 Å². The lowest BCUT2D eigenvalue weighted by Crippen LogP contribution is -2.60. The van der Waals surface area contributed by atoms with Gasteiger partial charge in [-0.2, -0.15) is 0 Å². The molecule has 11 saturated heterocycles. The van der Waals surface area contributed by atoms with E-state index in [9.17, 15) is 28.8 Å². The number of fused-ring (bicyclic) bond motifs is 9. The summed E-state index contributed by atoms with van der Waals surface area (Å²) in [5.41, 5.74) is 17.9. The average molecular weight is 1650 g/mol. The summed E-state index contributed by atoms with van der Waals surface area (Å²) in [5, 5.41) is 17.4. The van der Waals surface area contributed by atoms with Crippen molar-refractivity contribution >= 4 is 101 Å². The third-order valence-corrected chi connectivity index (χ3v) is 29.8. The number of hydrogen-bond donors (Lipinski definition) is 5. The van der Waals surface area contributed by atoms with Crippen molar-refractivity contribution in [3.05, 3.63) is 172 Å². The quantitative estimate of drug-likeness (QED) is 0.103. The SMILES string of the molecule is Cn1c(=O)oc2cc(N3CC4(CCNCC4)C3)ccc21.Cn1c(=O)oc2cc(N3CCC4(CC3)CNC4)ccc21.Cn1c(=O)oc2cc(N3CCC4(CCCCC4)CC3)ccc21.Cn1c(=O)oc2cc(N3CCC[C@H]4CNC[C@H]43)ccc21.Cn1c(=O)oc2cc(N3C[C@H]4CCCN[C@H]4C3)ccc21.Cn1c(=O)oc2cc(N3C[C@H]4CNC[C@H]4C3)ccc21. The Kier molecular flexibility index (Phi) is 21.9. The number of rotatable bonds is 6. The lowest BCUT2D eigenvalue weighted by molar-refractivity contribution is 0.126. The van der Waals surface area contributed by atoms with E-state index in [0.717, 1.165) is 197 Å². The molecule has 29 nitrogen and oxygen atoms in total. The van der Waals surface area contributed by atoms with Crippen LogP contribution in [-0.4, -0.2) is 170 Å². The third kappa shape index (κ3) is 15.9. The number of benzene rings is 6. The first-order valence-electron chi connectivity index (χ1n) is 44.3. The van der Waals surface area contributed by atoms with Gasteiger partial charge in [0.05, 0.1) is 33.1 Å². The molecule has 3 spiro atoms. The maximum atomic E-state index is 11.6. The van der Waals surface area contributed by atoms with Gasteiger partial charge in [0.25, 0.3) is 0 Å². The number of aromatic nitrogens is 6. The number of piperidine rings is 5. The molecule has 6 atom stereocenters. The van der Waals surface area contributed by atoms with E-state index in [1.165, 1.54) is 121 Å². The Bertz CT molecular complexity index is 6110. The minimum Gasteiger partial charge on any atom is -0.408 e. The molecule has 1 saturated carbocycles. The highest BCUT2D eigenvalue weighted by molar-refractivity contribution is 5.82. The minimum atomic E-state index is -0.297. The van der Waals surface area contributed by atoms with Crippen molar-refractivity contribution < 1.29 is 26.5 Å². The lowest BCUT2D eigenvalue weighted by atomic mass is 9.68. The van der Waals surface area contributed by atoms with Crippen molar-refractivity contribution in [1.82, 2.24) is 54.0 Å². The molecule has 0 radical (unpaired) electrons. The smallest absolute Gasteiger partial charge is 0.408 e. The van der Waals surface area contributed by atoms with E-state index in [4.69, 9.17) is 26.5 Å². The van der Waals surface area contributed by atoms with Crippen LogP contribution < -0.4 is 90.5 Å². The van der Waals surface area contributed by atoms with E-state index in [2.05, 4.69) is 92.4 Å². The highest BCUT2D eigenvalue weighted by atomic mass is 16.4. The predicted molar refractivity (Wildman–Crippen MR) is 475 cm³/mol. The predicted octanol–water partition coefficient (Wildman–Crippen LogP) is 9.75. The molecule has 0 bridgehead atoms. The van der Waals surface area contributed by atoms with Gasteiger partial charge >= 0.3 is 34.5 Å². The molecule has 12 aliphatic rings. The van der Waals surface area contributed by atoms with E-state index in [-0.39, 0.29) is 34.5 Å². The summed E-state index contributed by atoms with van der Waals surface area (Å²) in [7, 11) is 10.4. The van der Waals surface area contributed by atoms with Crippen molar-refractivity contribution in [1.29, 1.82) is 0 Å². The zero-order valence-electron chi connectivity index (χ0n) is 70.9. The van der Waals surface area contributed by atoms with Gasteiger partial charge in [0.15, 0.2) is 33.5 Å². The molecule has 6 aromatic heterocycles. The number of anilines is 6. The van der Waals surface area contributed by atoms with E-state index in [0.29, 0.717) is 61.8 Å². The highest BCUT2D eigenvalue weighted by Gasteiger charge is 2.45. The van der Waals surface area contributed by atoms with Crippen LogP contribution in [0.3, 0.4) is 0 Å². The van der Waals surface area contributed by atoms with Crippen LogP contribution in [-0.2, 0) is 42.3 Å². The number of nitrogens with one attached hydrogen (secondary N) is 5. The molecule has 0 amide bonds. The first-order chi connectivity index (χ1) is 58.7.